The second kappa shape index (κ2) is 7.09. The molecule has 0 radical (unpaired) electrons. The molecule has 0 aliphatic carbocycles. The van der Waals surface area contributed by atoms with Crippen LogP contribution in [-0.2, 0) is 0 Å². The predicted molar refractivity (Wildman–Crippen MR) is 120 cm³/mol. The van der Waals surface area contributed by atoms with Crippen molar-refractivity contribution in [3.05, 3.63) is 53.5 Å². The maximum absolute atomic E-state index is 10.6. The number of amidine groups is 1. The van der Waals surface area contributed by atoms with Crippen LogP contribution in [0.2, 0.25) is 0 Å². The third-order valence-electron chi connectivity index (χ3n) is 6.03. The van der Waals surface area contributed by atoms with Crippen LogP contribution < -0.4 is 9.80 Å². The first-order chi connectivity index (χ1) is 14.5. The van der Waals surface area contributed by atoms with Gasteiger partial charge in [-0.15, -0.1) is 0 Å². The molecule has 0 spiro atoms. The van der Waals surface area contributed by atoms with Crippen LogP contribution in [0.1, 0.15) is 30.7 Å². The van der Waals surface area contributed by atoms with E-state index in [0.717, 1.165) is 29.7 Å². The minimum atomic E-state index is 0.0929. The Morgan fingerprint density at radius 3 is 2.53 bits per heavy atom. The maximum Gasteiger partial charge on any atom is 0.145 e. The number of aromatic amines is 1. The number of phenolic OH excluding ortho intramolecular Hbond substituents is 1. The number of aliphatic hydroxyl groups is 1. The van der Waals surface area contributed by atoms with E-state index in [4.69, 9.17) is 5.41 Å². The normalized spacial score (nSPS) is 17.4. The highest BCUT2D eigenvalue weighted by atomic mass is 16.3. The van der Waals surface area contributed by atoms with Crippen LogP contribution in [0.5, 0.6) is 5.75 Å². The maximum atomic E-state index is 10.6. The number of benzene rings is 2. The average molecular weight is 403 g/mol. The van der Waals surface area contributed by atoms with Crippen LogP contribution in [0.3, 0.4) is 0 Å². The predicted octanol–water partition coefficient (Wildman–Crippen LogP) is 4.33. The molecule has 7 heteroatoms. The Bertz CT molecular complexity index is 1170. The molecule has 2 aliphatic heterocycles. The number of hydrogen-bond acceptors (Lipinski definition) is 5. The highest BCUT2D eigenvalue weighted by Crippen LogP contribution is 2.33. The number of rotatable bonds is 3. The van der Waals surface area contributed by atoms with Gasteiger partial charge in [-0.25, -0.2) is 4.98 Å². The highest BCUT2D eigenvalue weighted by Gasteiger charge is 2.31. The van der Waals surface area contributed by atoms with Gasteiger partial charge in [-0.1, -0.05) is 6.07 Å². The van der Waals surface area contributed by atoms with E-state index < -0.39 is 0 Å². The van der Waals surface area contributed by atoms with Crippen LogP contribution in [0.25, 0.3) is 16.6 Å². The number of aliphatic hydroxyl groups excluding tert-OH is 1. The van der Waals surface area contributed by atoms with Gasteiger partial charge >= 0.3 is 0 Å². The zero-order chi connectivity index (χ0) is 20.8. The summed E-state index contributed by atoms with van der Waals surface area (Å²) in [5.41, 5.74) is 4.70. The Kier molecular flexibility index (Phi) is 4.38. The summed E-state index contributed by atoms with van der Waals surface area (Å²) in [5.74, 6) is 0.908. The second-order valence-corrected chi connectivity index (χ2v) is 8.06. The lowest BCUT2D eigenvalue weighted by Crippen LogP contribution is -2.29. The van der Waals surface area contributed by atoms with Crippen molar-refractivity contribution in [1.82, 2.24) is 9.97 Å². The molecular formula is C23H25N5O2. The lowest BCUT2D eigenvalue weighted by atomic mass is 10.1. The molecule has 3 aromatic rings. The van der Waals surface area contributed by atoms with Crippen molar-refractivity contribution in [2.24, 2.45) is 0 Å². The molecule has 30 heavy (non-hydrogen) atoms. The van der Waals surface area contributed by atoms with Crippen molar-refractivity contribution in [3.63, 3.8) is 0 Å². The van der Waals surface area contributed by atoms with Crippen molar-refractivity contribution >= 4 is 33.8 Å². The van der Waals surface area contributed by atoms with Gasteiger partial charge in [0.25, 0.3) is 0 Å². The van der Waals surface area contributed by atoms with Gasteiger partial charge < -0.3 is 25.0 Å². The Balaban J connectivity index is 1.46. The second-order valence-electron chi connectivity index (χ2n) is 8.06. The molecular weight excluding hydrogens is 378 g/mol. The Morgan fingerprint density at radius 2 is 1.77 bits per heavy atom. The summed E-state index contributed by atoms with van der Waals surface area (Å²) in [4.78, 5) is 12.0. The van der Waals surface area contributed by atoms with E-state index in [1.54, 1.807) is 17.0 Å². The first kappa shape index (κ1) is 18.5. The quantitative estimate of drug-likeness (QED) is 0.522. The number of phenols is 1. The summed E-state index contributed by atoms with van der Waals surface area (Å²) in [6.45, 7) is 4.14. The van der Waals surface area contributed by atoms with Gasteiger partial charge in [-0.2, -0.15) is 0 Å². The van der Waals surface area contributed by atoms with Crippen molar-refractivity contribution < 1.29 is 10.2 Å². The molecule has 2 aliphatic rings. The number of H-pyrrole nitrogens is 1. The van der Waals surface area contributed by atoms with Crippen molar-refractivity contribution in [1.29, 1.82) is 5.41 Å². The fraction of sp³-hybridized carbons (Fsp3) is 0.304. The van der Waals surface area contributed by atoms with Gasteiger partial charge in [0.15, 0.2) is 0 Å². The first-order valence-corrected chi connectivity index (χ1v) is 10.3. The third kappa shape index (κ3) is 3.07. The minimum Gasteiger partial charge on any atom is -0.509 e. The summed E-state index contributed by atoms with van der Waals surface area (Å²) in [6.07, 6.45) is 3.72. The van der Waals surface area contributed by atoms with E-state index in [1.165, 1.54) is 24.9 Å². The number of nitrogens with one attached hydrogen (secondary N) is 2. The average Bonchev–Trinajstić information content (AvgIpc) is 3.29. The molecule has 1 fully saturated rings. The molecule has 1 saturated heterocycles. The minimum absolute atomic E-state index is 0.0929. The number of hydrogen-bond donors (Lipinski definition) is 4. The van der Waals surface area contributed by atoms with Gasteiger partial charge in [0.1, 0.15) is 23.2 Å². The van der Waals surface area contributed by atoms with E-state index in [9.17, 15) is 10.2 Å². The monoisotopic (exact) mass is 403 g/mol. The standard InChI is InChI=1S/C23H25N5O2/c1-14-5-6-16(12-19(14)29)28-13-20(30)21(22(28)24)23-25-17-8-7-15(11-18(17)26-23)27-9-3-2-4-10-27/h5-8,11-12,24,29-30H,2-4,9-10,13H2,1H3,(H,25,26). The van der Waals surface area contributed by atoms with Gasteiger partial charge in [0.05, 0.1) is 23.2 Å². The third-order valence-corrected chi connectivity index (χ3v) is 6.03. The molecule has 0 amide bonds. The van der Waals surface area contributed by atoms with E-state index in [-0.39, 0.29) is 23.9 Å². The largest absolute Gasteiger partial charge is 0.509 e. The van der Waals surface area contributed by atoms with Crippen LogP contribution in [0.15, 0.2) is 42.2 Å². The summed E-state index contributed by atoms with van der Waals surface area (Å²) >= 11 is 0. The molecule has 3 heterocycles. The number of aryl methyl sites for hydroxylation is 1. The molecule has 0 unspecified atom stereocenters. The number of imidazole rings is 1. The fourth-order valence-corrected chi connectivity index (χ4v) is 4.28. The molecule has 4 N–H and O–H groups in total. The summed E-state index contributed by atoms with van der Waals surface area (Å²) in [6, 6.07) is 11.4. The molecule has 7 nitrogen and oxygen atoms in total. The molecule has 5 rings (SSSR count). The Labute approximate surface area is 174 Å². The van der Waals surface area contributed by atoms with E-state index in [1.807, 2.05) is 19.1 Å². The van der Waals surface area contributed by atoms with Gasteiger partial charge in [0, 0.05) is 30.5 Å². The number of piperidine rings is 1. The molecule has 0 saturated carbocycles. The fourth-order valence-electron chi connectivity index (χ4n) is 4.28. The SMILES string of the molecule is Cc1ccc(N2CC(O)=C(c3nc4ccc(N5CCCCC5)cc4[nH]3)C2=N)cc1O. The van der Waals surface area contributed by atoms with E-state index in [2.05, 4.69) is 27.0 Å². The van der Waals surface area contributed by atoms with Crippen molar-refractivity contribution in [3.8, 4) is 5.75 Å². The van der Waals surface area contributed by atoms with Crippen LogP contribution in [-0.4, -0.2) is 45.7 Å². The molecule has 2 aromatic carbocycles. The summed E-state index contributed by atoms with van der Waals surface area (Å²) in [7, 11) is 0. The number of anilines is 2. The molecule has 0 bridgehead atoms. The lowest BCUT2D eigenvalue weighted by Gasteiger charge is -2.28. The number of aromatic nitrogens is 2. The highest BCUT2D eigenvalue weighted by molar-refractivity contribution is 6.30. The smallest absolute Gasteiger partial charge is 0.145 e. The van der Waals surface area contributed by atoms with Crippen molar-refractivity contribution in [2.45, 2.75) is 26.2 Å². The van der Waals surface area contributed by atoms with Crippen LogP contribution in [0.4, 0.5) is 11.4 Å². The Hall–Kier alpha value is -3.48. The number of fused-ring (bicyclic) bond motifs is 1. The lowest BCUT2D eigenvalue weighted by molar-refractivity contribution is 0.411. The number of aromatic hydroxyl groups is 1. The van der Waals surface area contributed by atoms with E-state index >= 15 is 0 Å². The zero-order valence-corrected chi connectivity index (χ0v) is 16.9. The van der Waals surface area contributed by atoms with Crippen LogP contribution in [0, 0.1) is 12.3 Å². The van der Waals surface area contributed by atoms with Crippen LogP contribution >= 0.6 is 0 Å². The van der Waals surface area contributed by atoms with E-state index in [0.29, 0.717) is 17.1 Å². The first-order valence-electron chi connectivity index (χ1n) is 10.3. The molecule has 1 aromatic heterocycles. The topological polar surface area (TPSA) is 99.5 Å². The van der Waals surface area contributed by atoms with Gasteiger partial charge in [0.2, 0.25) is 0 Å². The Morgan fingerprint density at radius 1 is 1.00 bits per heavy atom. The zero-order valence-electron chi connectivity index (χ0n) is 16.9. The van der Waals surface area contributed by atoms with Crippen molar-refractivity contribution in [2.75, 3.05) is 29.4 Å². The molecule has 154 valence electrons. The summed E-state index contributed by atoms with van der Waals surface area (Å²) in [5, 5.41) is 29.3. The van der Waals surface area contributed by atoms with Gasteiger partial charge in [-0.05, 0) is 56.0 Å². The number of nitrogens with zero attached hydrogens (tertiary/aromatic N) is 3. The van der Waals surface area contributed by atoms with Gasteiger partial charge in [-0.3, -0.25) is 5.41 Å². The molecule has 0 atom stereocenters. The summed E-state index contributed by atoms with van der Waals surface area (Å²) < 4.78 is 0.